The van der Waals surface area contributed by atoms with Gasteiger partial charge in [-0.05, 0) is 61.4 Å². The Labute approximate surface area is 187 Å². The summed E-state index contributed by atoms with van der Waals surface area (Å²) in [4.78, 5) is 0. The highest BCUT2D eigenvalue weighted by Crippen LogP contribution is 2.40. The van der Waals surface area contributed by atoms with E-state index >= 15 is 0 Å². The average Bonchev–Trinajstić information content (AvgIpc) is 3.36. The third-order valence-corrected chi connectivity index (χ3v) is 6.58. The number of hydrogen-bond donors (Lipinski definition) is 1. The minimum atomic E-state index is 0.923. The van der Waals surface area contributed by atoms with Crippen LogP contribution >= 0.6 is 0 Å². The third kappa shape index (κ3) is 3.03. The summed E-state index contributed by atoms with van der Waals surface area (Å²) in [6.45, 7) is 5.34. The van der Waals surface area contributed by atoms with E-state index in [0.717, 1.165) is 66.9 Å². The summed E-state index contributed by atoms with van der Waals surface area (Å²) in [6.07, 6.45) is 5.04. The third-order valence-electron chi connectivity index (χ3n) is 6.58. The predicted molar refractivity (Wildman–Crippen MR) is 136 cm³/mol. The molecule has 0 aliphatic heterocycles. The van der Waals surface area contributed by atoms with E-state index in [1.807, 2.05) is 0 Å². The number of fused-ring (bicyclic) bond motifs is 9. The Morgan fingerprint density at radius 1 is 0.625 bits per heavy atom. The monoisotopic (exact) mass is 421 g/mol. The van der Waals surface area contributed by atoms with Gasteiger partial charge >= 0.3 is 0 Å². The summed E-state index contributed by atoms with van der Waals surface area (Å²) in [6, 6.07) is 21.5. The molecule has 1 N–H and O–H groups in total. The lowest BCUT2D eigenvalue weighted by Crippen LogP contribution is -2.00. The Morgan fingerprint density at radius 2 is 1.19 bits per heavy atom. The van der Waals surface area contributed by atoms with Gasteiger partial charge in [0.05, 0.1) is 0 Å². The minimum absolute atomic E-state index is 0.923. The molecule has 0 spiro atoms. The molecule has 0 radical (unpaired) electrons. The molecule has 0 amide bonds. The lowest BCUT2D eigenvalue weighted by molar-refractivity contribution is 0.669. The van der Waals surface area contributed by atoms with Crippen molar-refractivity contribution in [1.29, 1.82) is 0 Å². The van der Waals surface area contributed by atoms with Crippen molar-refractivity contribution in [2.75, 3.05) is 11.9 Å². The van der Waals surface area contributed by atoms with Crippen LogP contribution in [0.15, 0.2) is 69.5 Å². The van der Waals surface area contributed by atoms with Gasteiger partial charge < -0.3 is 14.2 Å². The molecule has 32 heavy (non-hydrogen) atoms. The second-order valence-corrected chi connectivity index (χ2v) is 8.88. The van der Waals surface area contributed by atoms with Gasteiger partial charge in [-0.3, -0.25) is 0 Å². The molecule has 0 atom stereocenters. The lowest BCUT2D eigenvalue weighted by atomic mass is 10.0. The summed E-state index contributed by atoms with van der Waals surface area (Å²) >= 11 is 0. The maximum absolute atomic E-state index is 6.41. The number of rotatable bonds is 6. The van der Waals surface area contributed by atoms with Crippen LogP contribution in [0.3, 0.4) is 0 Å². The van der Waals surface area contributed by atoms with Gasteiger partial charge in [0.15, 0.2) is 0 Å². The summed E-state index contributed by atoms with van der Waals surface area (Å²) in [5.74, 6) is 0. The van der Waals surface area contributed by atoms with Crippen LogP contribution in [0.1, 0.15) is 38.2 Å². The zero-order valence-corrected chi connectivity index (χ0v) is 18.6. The molecule has 0 saturated heterocycles. The molecule has 3 heteroatoms. The molecule has 0 aliphatic carbocycles. The molecule has 0 bridgehead atoms. The summed E-state index contributed by atoms with van der Waals surface area (Å²) in [5.41, 5.74) is 6.04. The summed E-state index contributed by atoms with van der Waals surface area (Å²) in [5, 5.41) is 10.3. The van der Waals surface area contributed by atoms with Crippen LogP contribution in [0.2, 0.25) is 0 Å². The smallest absolute Gasteiger partial charge is 0.143 e. The van der Waals surface area contributed by atoms with E-state index < -0.39 is 0 Å². The highest BCUT2D eigenvalue weighted by atomic mass is 16.3. The molecule has 160 valence electrons. The molecule has 0 saturated carbocycles. The van der Waals surface area contributed by atoms with Gasteiger partial charge in [0.1, 0.15) is 22.3 Å². The van der Waals surface area contributed by atoms with Crippen molar-refractivity contribution in [3.8, 4) is 0 Å². The number of unbranched alkanes of at least 4 members (excludes halogenated alkanes) is 3. The SMILES string of the molecule is CCCCCCNc1ccc2c(c1)oc1c2ccc2c1ccc1c3ccc(C)cc3oc12. The first-order valence-corrected chi connectivity index (χ1v) is 11.7. The van der Waals surface area contributed by atoms with E-state index in [2.05, 4.69) is 79.8 Å². The van der Waals surface area contributed by atoms with E-state index in [9.17, 15) is 0 Å². The number of furan rings is 2. The van der Waals surface area contributed by atoms with Crippen molar-refractivity contribution < 1.29 is 8.83 Å². The predicted octanol–water partition coefficient (Wildman–Crippen LogP) is 8.94. The molecule has 2 heterocycles. The summed E-state index contributed by atoms with van der Waals surface area (Å²) in [7, 11) is 0. The first kappa shape index (κ1) is 19.2. The molecule has 2 aromatic heterocycles. The summed E-state index contributed by atoms with van der Waals surface area (Å²) < 4.78 is 12.7. The second kappa shape index (κ2) is 7.59. The Morgan fingerprint density at radius 3 is 1.84 bits per heavy atom. The van der Waals surface area contributed by atoms with Gasteiger partial charge in [0.2, 0.25) is 0 Å². The molecular weight excluding hydrogens is 394 g/mol. The number of hydrogen-bond acceptors (Lipinski definition) is 3. The van der Waals surface area contributed by atoms with Crippen LogP contribution in [0.4, 0.5) is 5.69 Å². The van der Waals surface area contributed by atoms with Gasteiger partial charge in [-0.2, -0.15) is 0 Å². The highest BCUT2D eigenvalue weighted by Gasteiger charge is 2.15. The normalized spacial score (nSPS) is 12.1. The van der Waals surface area contributed by atoms with Crippen LogP contribution in [0.5, 0.6) is 0 Å². The minimum Gasteiger partial charge on any atom is -0.455 e. The standard InChI is InChI=1S/C29H27NO2/c1-3-4-5-6-15-30-19-8-10-21-23-12-14-24-25(29(23)32-27(21)17-19)13-11-22-20-9-7-18(2)16-26(20)31-28(22)24/h7-14,16-17,30H,3-6,15H2,1-2H3. The quantitative estimate of drug-likeness (QED) is 0.273. The number of nitrogens with one attached hydrogen (secondary N) is 1. The van der Waals surface area contributed by atoms with Crippen LogP contribution in [-0.4, -0.2) is 6.54 Å². The van der Waals surface area contributed by atoms with E-state index in [1.54, 1.807) is 0 Å². The fourth-order valence-corrected chi connectivity index (χ4v) is 4.87. The van der Waals surface area contributed by atoms with Crippen LogP contribution in [0, 0.1) is 6.92 Å². The first-order valence-electron chi connectivity index (χ1n) is 11.7. The van der Waals surface area contributed by atoms with Crippen molar-refractivity contribution >= 4 is 60.3 Å². The fraction of sp³-hybridized carbons (Fsp3) is 0.241. The molecule has 6 aromatic rings. The van der Waals surface area contributed by atoms with E-state index in [0.29, 0.717) is 0 Å². The average molecular weight is 422 g/mol. The maximum Gasteiger partial charge on any atom is 0.143 e. The second-order valence-electron chi connectivity index (χ2n) is 8.88. The zero-order valence-electron chi connectivity index (χ0n) is 18.6. The molecule has 0 fully saturated rings. The molecule has 6 rings (SSSR count). The van der Waals surface area contributed by atoms with Gasteiger partial charge in [0.25, 0.3) is 0 Å². The van der Waals surface area contributed by atoms with Crippen molar-refractivity contribution in [2.24, 2.45) is 0 Å². The molecule has 4 aromatic carbocycles. The van der Waals surface area contributed by atoms with Crippen LogP contribution in [0.25, 0.3) is 54.6 Å². The number of aryl methyl sites for hydroxylation is 1. The van der Waals surface area contributed by atoms with Gasteiger partial charge in [0, 0.05) is 50.6 Å². The van der Waals surface area contributed by atoms with Crippen molar-refractivity contribution in [3.05, 3.63) is 66.2 Å². The van der Waals surface area contributed by atoms with Crippen molar-refractivity contribution in [1.82, 2.24) is 0 Å². The molecular formula is C29H27NO2. The van der Waals surface area contributed by atoms with E-state index in [1.165, 1.54) is 31.2 Å². The van der Waals surface area contributed by atoms with Crippen LogP contribution in [-0.2, 0) is 0 Å². The van der Waals surface area contributed by atoms with Gasteiger partial charge in [-0.1, -0.05) is 38.3 Å². The van der Waals surface area contributed by atoms with E-state index in [-0.39, 0.29) is 0 Å². The largest absolute Gasteiger partial charge is 0.455 e. The van der Waals surface area contributed by atoms with Gasteiger partial charge in [-0.25, -0.2) is 0 Å². The Hall–Kier alpha value is -3.46. The van der Waals surface area contributed by atoms with E-state index in [4.69, 9.17) is 8.83 Å². The fourth-order valence-electron chi connectivity index (χ4n) is 4.87. The number of benzene rings is 4. The van der Waals surface area contributed by atoms with Crippen molar-refractivity contribution in [3.63, 3.8) is 0 Å². The Kier molecular flexibility index (Phi) is 4.57. The van der Waals surface area contributed by atoms with Gasteiger partial charge in [-0.15, -0.1) is 0 Å². The maximum atomic E-state index is 6.41. The van der Waals surface area contributed by atoms with Crippen molar-refractivity contribution in [2.45, 2.75) is 39.5 Å². The topological polar surface area (TPSA) is 38.3 Å². The molecule has 0 unspecified atom stereocenters. The van der Waals surface area contributed by atoms with Crippen LogP contribution < -0.4 is 5.32 Å². The Balaban J connectivity index is 1.46. The first-order chi connectivity index (χ1) is 15.7. The number of anilines is 1. The molecule has 3 nitrogen and oxygen atoms in total. The highest BCUT2D eigenvalue weighted by molar-refractivity contribution is 6.22. The zero-order chi connectivity index (χ0) is 21.7. The lowest BCUT2D eigenvalue weighted by Gasteiger charge is -2.05. The molecule has 0 aliphatic rings. The Bertz CT molecular complexity index is 1600.